The van der Waals surface area contributed by atoms with Gasteiger partial charge in [0, 0.05) is 12.8 Å². The van der Waals surface area contributed by atoms with Crippen molar-refractivity contribution in [3.63, 3.8) is 0 Å². The van der Waals surface area contributed by atoms with E-state index in [0.29, 0.717) is 5.56 Å². The van der Waals surface area contributed by atoms with Gasteiger partial charge in [0.15, 0.2) is 9.84 Å². The lowest BCUT2D eigenvalue weighted by Crippen LogP contribution is -2.43. The molecule has 1 aromatic rings. The van der Waals surface area contributed by atoms with Crippen LogP contribution in [0.15, 0.2) is 23.1 Å². The highest BCUT2D eigenvalue weighted by atomic mass is 35.5. The first-order valence-corrected chi connectivity index (χ1v) is 8.91. The van der Waals surface area contributed by atoms with E-state index in [2.05, 4.69) is 16.6 Å². The predicted octanol–water partition coefficient (Wildman–Crippen LogP) is 2.20. The minimum atomic E-state index is -3.36. The van der Waals surface area contributed by atoms with Crippen molar-refractivity contribution in [2.24, 2.45) is 5.92 Å². The highest BCUT2D eigenvalue weighted by Crippen LogP contribution is 2.22. The number of carbonyl (C=O) groups excluding carboxylic acids is 1. The molecule has 0 aromatic heterocycles. The Morgan fingerprint density at radius 3 is 2.50 bits per heavy atom. The largest absolute Gasteiger partial charge is 0.334 e. The highest BCUT2D eigenvalue weighted by Gasteiger charge is 2.14. The number of hydrogen-bond acceptors (Lipinski definition) is 3. The molecule has 1 atom stereocenters. The first kappa shape index (κ1) is 18.3. The summed E-state index contributed by atoms with van der Waals surface area (Å²) in [7, 11) is -3.36. The van der Waals surface area contributed by atoms with E-state index < -0.39 is 9.84 Å². The number of sulfone groups is 1. The molecule has 7 heteroatoms. The van der Waals surface area contributed by atoms with E-state index in [1.807, 2.05) is 13.8 Å². The van der Waals surface area contributed by atoms with Crippen LogP contribution in [0.2, 0.25) is 5.02 Å². The summed E-state index contributed by atoms with van der Waals surface area (Å²) < 4.78 is 22.9. The van der Waals surface area contributed by atoms with Gasteiger partial charge in [-0.15, -0.1) is 6.42 Å². The molecule has 1 rings (SSSR count). The first-order valence-electron chi connectivity index (χ1n) is 6.64. The van der Waals surface area contributed by atoms with Gasteiger partial charge >= 0.3 is 6.03 Å². The molecule has 2 amide bonds. The monoisotopic (exact) mass is 342 g/mol. The molecule has 0 fully saturated rings. The molecule has 0 spiro atoms. The summed E-state index contributed by atoms with van der Waals surface area (Å²) >= 11 is 5.94. The summed E-state index contributed by atoms with van der Waals surface area (Å²) in [6.45, 7) is 4.04. The number of amides is 2. The van der Waals surface area contributed by atoms with Crippen molar-refractivity contribution >= 4 is 27.5 Å². The predicted molar refractivity (Wildman–Crippen MR) is 87.4 cm³/mol. The van der Waals surface area contributed by atoms with Gasteiger partial charge in [0.25, 0.3) is 0 Å². The Morgan fingerprint density at radius 2 is 2.05 bits per heavy atom. The molecule has 22 heavy (non-hydrogen) atoms. The number of hydrogen-bond donors (Lipinski definition) is 2. The summed E-state index contributed by atoms with van der Waals surface area (Å²) in [5.41, 5.74) is 0.689. The van der Waals surface area contributed by atoms with Crippen LogP contribution < -0.4 is 10.6 Å². The van der Waals surface area contributed by atoms with Gasteiger partial charge in [-0.25, -0.2) is 13.2 Å². The van der Waals surface area contributed by atoms with Crippen molar-refractivity contribution in [1.82, 2.24) is 10.6 Å². The quantitative estimate of drug-likeness (QED) is 0.805. The summed E-state index contributed by atoms with van der Waals surface area (Å²) in [4.78, 5) is 11.8. The highest BCUT2D eigenvalue weighted by molar-refractivity contribution is 7.90. The maximum absolute atomic E-state index is 11.8. The minimum Gasteiger partial charge on any atom is -0.334 e. The van der Waals surface area contributed by atoms with Crippen LogP contribution >= 0.6 is 11.6 Å². The second-order valence-corrected chi connectivity index (χ2v) is 7.64. The molecule has 5 nitrogen and oxygen atoms in total. The zero-order valence-electron chi connectivity index (χ0n) is 12.7. The smallest absolute Gasteiger partial charge is 0.316 e. The van der Waals surface area contributed by atoms with Crippen LogP contribution in [0.5, 0.6) is 0 Å². The normalized spacial score (nSPS) is 12.5. The number of halogens is 1. The summed E-state index contributed by atoms with van der Waals surface area (Å²) in [5, 5.41) is 5.45. The zero-order chi connectivity index (χ0) is 16.9. The molecule has 120 valence electrons. The maximum Gasteiger partial charge on any atom is 0.316 e. The number of benzene rings is 1. The number of nitrogens with one attached hydrogen (secondary N) is 2. The molecule has 0 heterocycles. The molecule has 2 N–H and O–H groups in total. The van der Waals surface area contributed by atoms with Gasteiger partial charge in [-0.2, -0.15) is 0 Å². The summed E-state index contributed by atoms with van der Waals surface area (Å²) in [6.07, 6.45) is 6.43. The Morgan fingerprint density at radius 1 is 1.41 bits per heavy atom. The Bertz CT molecular complexity index is 693. The number of terminal acetylenes is 1. The molecule has 0 aliphatic heterocycles. The standard InChI is InChI=1S/C15H19ClN2O3S/c1-5-13(10(2)3)18-15(19)17-9-11-6-7-14(12(16)8-11)22(4,20)21/h1,6-8,10,13H,9H2,2-4H3,(H2,17,18,19). The van der Waals surface area contributed by atoms with Crippen LogP contribution in [-0.4, -0.2) is 26.7 Å². The molecule has 0 saturated carbocycles. The Kier molecular flexibility index (Phi) is 6.27. The first-order chi connectivity index (χ1) is 10.1. The van der Waals surface area contributed by atoms with Crippen LogP contribution in [0.1, 0.15) is 19.4 Å². The van der Waals surface area contributed by atoms with E-state index in [1.165, 1.54) is 12.1 Å². The van der Waals surface area contributed by atoms with Gasteiger partial charge in [0.05, 0.1) is 16.0 Å². The van der Waals surface area contributed by atoms with E-state index in [4.69, 9.17) is 18.0 Å². The van der Waals surface area contributed by atoms with Crippen molar-refractivity contribution in [2.75, 3.05) is 6.26 Å². The third kappa shape index (κ3) is 5.24. The topological polar surface area (TPSA) is 75.3 Å². The number of rotatable bonds is 5. The molecular weight excluding hydrogens is 324 g/mol. The minimum absolute atomic E-state index is 0.0644. The molecule has 0 aliphatic carbocycles. The molecule has 0 saturated heterocycles. The molecule has 0 radical (unpaired) electrons. The van der Waals surface area contributed by atoms with Gasteiger partial charge < -0.3 is 10.6 Å². The third-order valence-corrected chi connectivity index (χ3v) is 4.56. The van der Waals surface area contributed by atoms with Crippen LogP contribution in [-0.2, 0) is 16.4 Å². The molecular formula is C15H19ClN2O3S. The lowest BCUT2D eigenvalue weighted by Gasteiger charge is -2.17. The number of carbonyl (C=O) groups is 1. The van der Waals surface area contributed by atoms with Crippen LogP contribution in [0, 0.1) is 18.3 Å². The zero-order valence-corrected chi connectivity index (χ0v) is 14.3. The molecule has 1 aromatic carbocycles. The Labute approximate surface area is 136 Å². The number of urea groups is 1. The fraction of sp³-hybridized carbons (Fsp3) is 0.400. The average molecular weight is 343 g/mol. The van der Waals surface area contributed by atoms with Gasteiger partial charge in [0.1, 0.15) is 0 Å². The van der Waals surface area contributed by atoms with Gasteiger partial charge in [-0.05, 0) is 23.6 Å². The van der Waals surface area contributed by atoms with Crippen molar-refractivity contribution in [3.05, 3.63) is 28.8 Å². The SMILES string of the molecule is C#CC(NC(=O)NCc1ccc(S(C)(=O)=O)c(Cl)c1)C(C)C. The molecule has 1 unspecified atom stereocenters. The molecule has 0 bridgehead atoms. The Balaban J connectivity index is 2.68. The maximum atomic E-state index is 11.8. The average Bonchev–Trinajstić information content (AvgIpc) is 2.40. The van der Waals surface area contributed by atoms with E-state index in [1.54, 1.807) is 6.07 Å². The van der Waals surface area contributed by atoms with E-state index in [-0.39, 0.29) is 34.5 Å². The molecule has 0 aliphatic rings. The second-order valence-electron chi connectivity index (χ2n) is 5.25. The van der Waals surface area contributed by atoms with E-state index in [0.717, 1.165) is 6.26 Å². The van der Waals surface area contributed by atoms with Crippen molar-refractivity contribution in [3.8, 4) is 12.3 Å². The van der Waals surface area contributed by atoms with E-state index >= 15 is 0 Å². The van der Waals surface area contributed by atoms with Gasteiger partial charge in [-0.3, -0.25) is 0 Å². The van der Waals surface area contributed by atoms with Gasteiger partial charge in [-0.1, -0.05) is 37.4 Å². The summed E-state index contributed by atoms with van der Waals surface area (Å²) in [6, 6.07) is 3.80. The third-order valence-electron chi connectivity index (χ3n) is 2.98. The fourth-order valence-electron chi connectivity index (χ4n) is 1.73. The lowest BCUT2D eigenvalue weighted by atomic mass is 10.1. The fourth-order valence-corrected chi connectivity index (χ4v) is 3.08. The van der Waals surface area contributed by atoms with Crippen LogP contribution in [0.3, 0.4) is 0 Å². The van der Waals surface area contributed by atoms with Crippen LogP contribution in [0.4, 0.5) is 4.79 Å². The van der Waals surface area contributed by atoms with Crippen molar-refractivity contribution in [2.45, 2.75) is 31.3 Å². The van der Waals surface area contributed by atoms with Crippen LogP contribution in [0.25, 0.3) is 0 Å². The van der Waals surface area contributed by atoms with Crippen molar-refractivity contribution < 1.29 is 13.2 Å². The summed E-state index contributed by atoms with van der Waals surface area (Å²) in [5.74, 6) is 2.63. The second kappa shape index (κ2) is 7.52. The lowest BCUT2D eigenvalue weighted by molar-refractivity contribution is 0.236. The van der Waals surface area contributed by atoms with Crippen molar-refractivity contribution in [1.29, 1.82) is 0 Å². The Hall–Kier alpha value is -1.71. The van der Waals surface area contributed by atoms with E-state index in [9.17, 15) is 13.2 Å². The van der Waals surface area contributed by atoms with Gasteiger partial charge in [0.2, 0.25) is 0 Å².